The average Bonchev–Trinajstić information content (AvgIpc) is 2.73. The van der Waals surface area contributed by atoms with Crippen LogP contribution in [0.1, 0.15) is 22.8 Å². The van der Waals surface area contributed by atoms with Gasteiger partial charge in [-0.05, 0) is 52.6 Å². The first-order chi connectivity index (χ1) is 14.1. The summed E-state index contributed by atoms with van der Waals surface area (Å²) in [5, 5.41) is 23.0. The van der Waals surface area contributed by atoms with Crippen LogP contribution in [0.2, 0.25) is 0 Å². The van der Waals surface area contributed by atoms with Gasteiger partial charge in [0, 0.05) is 29.1 Å². The van der Waals surface area contributed by atoms with E-state index in [4.69, 9.17) is 4.74 Å². The lowest BCUT2D eigenvalue weighted by Gasteiger charge is -2.22. The van der Waals surface area contributed by atoms with Crippen LogP contribution >= 0.6 is 0 Å². The van der Waals surface area contributed by atoms with E-state index < -0.39 is 12.1 Å². The first kappa shape index (κ1) is 17.6. The summed E-state index contributed by atoms with van der Waals surface area (Å²) in [5.41, 5.74) is 4.55. The largest absolute Gasteiger partial charge is 0.493 e. The quantitative estimate of drug-likeness (QED) is 0.546. The fourth-order valence-corrected chi connectivity index (χ4v) is 4.37. The number of hydrogen-bond donors (Lipinski definition) is 2. The Morgan fingerprint density at radius 3 is 2.83 bits per heavy atom. The summed E-state index contributed by atoms with van der Waals surface area (Å²) in [4.78, 5) is 16.3. The summed E-state index contributed by atoms with van der Waals surface area (Å²) in [6.07, 6.45) is 0.951. The fourth-order valence-electron chi connectivity index (χ4n) is 4.37. The molecule has 5 nitrogen and oxygen atoms in total. The Kier molecular flexibility index (Phi) is 4.00. The van der Waals surface area contributed by atoms with Gasteiger partial charge >= 0.3 is 5.97 Å². The zero-order chi connectivity index (χ0) is 20.1. The molecule has 1 atom stereocenters. The smallest absolute Gasteiger partial charge is 0.337 e. The molecule has 144 valence electrons. The van der Waals surface area contributed by atoms with Gasteiger partial charge in [-0.25, -0.2) is 4.79 Å². The molecule has 5 rings (SSSR count). The van der Waals surface area contributed by atoms with Crippen molar-refractivity contribution in [2.45, 2.75) is 19.4 Å². The number of carboxylic acids is 1. The number of benzene rings is 3. The van der Waals surface area contributed by atoms with Crippen LogP contribution in [0.25, 0.3) is 32.8 Å². The van der Waals surface area contributed by atoms with Crippen LogP contribution in [-0.4, -0.2) is 27.8 Å². The Morgan fingerprint density at radius 2 is 2.00 bits per heavy atom. The number of aliphatic hydroxyl groups excluding tert-OH is 1. The standard InChI is InChI=1S/C24H19NO4/c1-13-12-15-4-2-3-5-16(15)21(19(13)23(26)24(27)28)17-6-7-18-20-14(9-11-29-18)8-10-25-22(17)20/h2-8,10,12,23,26H,9,11H2,1H3,(H,27,28). The topological polar surface area (TPSA) is 79.7 Å². The predicted octanol–water partition coefficient (Wildman–Crippen LogP) is 4.42. The van der Waals surface area contributed by atoms with Crippen molar-refractivity contribution in [1.82, 2.24) is 4.98 Å². The summed E-state index contributed by atoms with van der Waals surface area (Å²) in [5.74, 6) is -0.487. The molecular formula is C24H19NO4. The minimum atomic E-state index is -1.63. The monoisotopic (exact) mass is 385 g/mol. The molecule has 0 aliphatic carbocycles. The van der Waals surface area contributed by atoms with E-state index in [0.717, 1.165) is 50.5 Å². The SMILES string of the molecule is Cc1cc2ccccc2c(-c2ccc3c4c(ccnc24)CCO3)c1C(O)C(=O)O. The lowest BCUT2D eigenvalue weighted by molar-refractivity contribution is -0.146. The summed E-state index contributed by atoms with van der Waals surface area (Å²) in [7, 11) is 0. The van der Waals surface area contributed by atoms with Crippen molar-refractivity contribution >= 4 is 27.6 Å². The van der Waals surface area contributed by atoms with Crippen molar-refractivity contribution in [3.8, 4) is 16.9 Å². The van der Waals surface area contributed by atoms with E-state index in [0.29, 0.717) is 17.7 Å². The highest BCUT2D eigenvalue weighted by Crippen LogP contribution is 2.43. The molecule has 2 N–H and O–H groups in total. The van der Waals surface area contributed by atoms with Gasteiger partial charge in [-0.15, -0.1) is 0 Å². The summed E-state index contributed by atoms with van der Waals surface area (Å²) < 4.78 is 5.83. The molecule has 0 bridgehead atoms. The maximum Gasteiger partial charge on any atom is 0.337 e. The van der Waals surface area contributed by atoms with Gasteiger partial charge in [0.2, 0.25) is 0 Å². The minimum absolute atomic E-state index is 0.399. The number of hydrogen-bond acceptors (Lipinski definition) is 4. The molecule has 4 aromatic rings. The van der Waals surface area contributed by atoms with Gasteiger partial charge < -0.3 is 14.9 Å². The number of pyridine rings is 1. The second-order valence-electron chi connectivity index (χ2n) is 7.35. The Balaban J connectivity index is 1.95. The number of aromatic nitrogens is 1. The fraction of sp³-hybridized carbons (Fsp3) is 0.167. The van der Waals surface area contributed by atoms with Crippen molar-refractivity contribution in [3.63, 3.8) is 0 Å². The highest BCUT2D eigenvalue weighted by Gasteiger charge is 2.27. The number of aliphatic carboxylic acids is 1. The molecule has 1 aliphatic heterocycles. The van der Waals surface area contributed by atoms with Crippen LogP contribution in [0.15, 0.2) is 54.7 Å². The van der Waals surface area contributed by atoms with E-state index in [1.807, 2.05) is 55.5 Å². The molecule has 1 aromatic heterocycles. The number of aliphatic hydroxyl groups is 1. The van der Waals surface area contributed by atoms with Crippen molar-refractivity contribution in [2.24, 2.45) is 0 Å². The second-order valence-corrected chi connectivity index (χ2v) is 7.35. The number of fused-ring (bicyclic) bond motifs is 1. The third-order valence-electron chi connectivity index (χ3n) is 5.64. The molecule has 0 saturated carbocycles. The molecule has 0 radical (unpaired) electrons. The Morgan fingerprint density at radius 1 is 1.17 bits per heavy atom. The minimum Gasteiger partial charge on any atom is -0.493 e. The van der Waals surface area contributed by atoms with E-state index in [2.05, 4.69) is 4.98 Å². The number of rotatable bonds is 3. The molecule has 0 spiro atoms. The van der Waals surface area contributed by atoms with Crippen LogP contribution < -0.4 is 4.74 Å². The van der Waals surface area contributed by atoms with Crippen LogP contribution in [0.4, 0.5) is 0 Å². The van der Waals surface area contributed by atoms with Crippen molar-refractivity contribution in [2.75, 3.05) is 6.61 Å². The molecule has 0 amide bonds. The highest BCUT2D eigenvalue weighted by molar-refractivity contribution is 6.08. The van der Waals surface area contributed by atoms with Crippen LogP contribution in [0.5, 0.6) is 5.75 Å². The van der Waals surface area contributed by atoms with Gasteiger partial charge in [-0.2, -0.15) is 0 Å². The lowest BCUT2D eigenvalue weighted by atomic mass is 9.86. The van der Waals surface area contributed by atoms with Crippen LogP contribution in [0.3, 0.4) is 0 Å². The lowest BCUT2D eigenvalue weighted by Crippen LogP contribution is -2.14. The van der Waals surface area contributed by atoms with Gasteiger partial charge in [0.05, 0.1) is 12.1 Å². The third-order valence-corrected chi connectivity index (χ3v) is 5.64. The predicted molar refractivity (Wildman–Crippen MR) is 111 cm³/mol. The number of carboxylic acid groups (broad SMARTS) is 1. The zero-order valence-corrected chi connectivity index (χ0v) is 15.8. The van der Waals surface area contributed by atoms with Gasteiger partial charge in [0.25, 0.3) is 0 Å². The Labute approximate surface area is 167 Å². The molecule has 0 fully saturated rings. The number of nitrogens with zero attached hydrogens (tertiary/aromatic N) is 1. The zero-order valence-electron chi connectivity index (χ0n) is 15.8. The first-order valence-electron chi connectivity index (χ1n) is 9.53. The Bertz CT molecular complexity index is 1290. The van der Waals surface area contributed by atoms with E-state index >= 15 is 0 Å². The summed E-state index contributed by atoms with van der Waals surface area (Å²) in [6.45, 7) is 2.46. The summed E-state index contributed by atoms with van der Waals surface area (Å²) >= 11 is 0. The normalized spacial score (nSPS) is 14.0. The molecule has 3 aromatic carbocycles. The highest BCUT2D eigenvalue weighted by atomic mass is 16.5. The van der Waals surface area contributed by atoms with E-state index in [-0.39, 0.29) is 0 Å². The maximum absolute atomic E-state index is 11.7. The second kappa shape index (κ2) is 6.57. The van der Waals surface area contributed by atoms with E-state index in [1.54, 1.807) is 6.20 Å². The van der Waals surface area contributed by atoms with E-state index in [9.17, 15) is 15.0 Å². The van der Waals surface area contributed by atoms with Crippen LogP contribution in [-0.2, 0) is 11.2 Å². The molecule has 0 saturated heterocycles. The first-order valence-corrected chi connectivity index (χ1v) is 9.53. The van der Waals surface area contributed by atoms with Gasteiger partial charge in [-0.1, -0.05) is 30.3 Å². The van der Waals surface area contributed by atoms with Crippen molar-refractivity contribution in [3.05, 3.63) is 71.4 Å². The third kappa shape index (κ3) is 2.66. The Hall–Kier alpha value is -3.44. The molecule has 1 aliphatic rings. The average molecular weight is 385 g/mol. The number of aryl methyl sites for hydroxylation is 1. The van der Waals surface area contributed by atoms with Crippen LogP contribution in [0, 0.1) is 6.92 Å². The molecular weight excluding hydrogens is 366 g/mol. The van der Waals surface area contributed by atoms with E-state index in [1.165, 1.54) is 0 Å². The van der Waals surface area contributed by atoms with Gasteiger partial charge in [0.15, 0.2) is 6.10 Å². The number of carbonyl (C=O) groups is 1. The summed E-state index contributed by atoms with van der Waals surface area (Å²) in [6, 6.07) is 15.6. The molecule has 5 heteroatoms. The van der Waals surface area contributed by atoms with Crippen molar-refractivity contribution < 1.29 is 19.7 Å². The van der Waals surface area contributed by atoms with Crippen molar-refractivity contribution in [1.29, 1.82) is 0 Å². The molecule has 1 unspecified atom stereocenters. The van der Waals surface area contributed by atoms with Gasteiger partial charge in [0.1, 0.15) is 5.75 Å². The van der Waals surface area contributed by atoms with Gasteiger partial charge in [-0.3, -0.25) is 4.98 Å². The number of ether oxygens (including phenoxy) is 1. The molecule has 29 heavy (non-hydrogen) atoms. The maximum atomic E-state index is 11.7. The molecule has 2 heterocycles.